The van der Waals surface area contributed by atoms with Crippen molar-refractivity contribution in [2.24, 2.45) is 0 Å². The van der Waals surface area contributed by atoms with Gasteiger partial charge in [-0.3, -0.25) is 0 Å². The van der Waals surface area contributed by atoms with Gasteiger partial charge in [0.1, 0.15) is 0 Å². The van der Waals surface area contributed by atoms with E-state index in [1.165, 1.54) is 4.88 Å². The van der Waals surface area contributed by atoms with Crippen LogP contribution in [0, 0.1) is 0 Å². The molecule has 0 aliphatic carbocycles. The normalized spacial score (nSPS) is 12.7. The highest BCUT2D eigenvalue weighted by Crippen LogP contribution is 2.34. The molecule has 0 bridgehead atoms. The monoisotopic (exact) mass is 363 g/mol. The fourth-order valence-corrected chi connectivity index (χ4v) is 3.73. The maximum absolute atomic E-state index is 6.28. The highest BCUT2D eigenvalue weighted by Gasteiger charge is 2.18. The molecule has 2 rings (SSSR count). The Labute approximate surface area is 129 Å². The van der Waals surface area contributed by atoms with Gasteiger partial charge in [-0.2, -0.15) is 0 Å². The second-order valence-electron chi connectivity index (χ2n) is 3.82. The van der Waals surface area contributed by atoms with Crippen LogP contribution in [0.15, 0.2) is 34.1 Å². The summed E-state index contributed by atoms with van der Waals surface area (Å²) in [6, 6.07) is 7.75. The largest absolute Gasteiger partial charge is 0.306 e. The Morgan fingerprint density at radius 1 is 1.33 bits per heavy atom. The Bertz CT molecular complexity index is 542. The van der Waals surface area contributed by atoms with Crippen molar-refractivity contribution in [3.63, 3.8) is 0 Å². The first-order chi connectivity index (χ1) is 8.61. The summed E-state index contributed by atoms with van der Waals surface area (Å²) in [5, 5.41) is 6.94. The average molecular weight is 365 g/mol. The highest BCUT2D eigenvalue weighted by atomic mass is 79.9. The van der Waals surface area contributed by atoms with Gasteiger partial charge < -0.3 is 5.32 Å². The van der Waals surface area contributed by atoms with E-state index in [2.05, 4.69) is 39.6 Å². The Morgan fingerprint density at radius 3 is 2.72 bits per heavy atom. The lowest BCUT2D eigenvalue weighted by Crippen LogP contribution is -2.21. The summed E-state index contributed by atoms with van der Waals surface area (Å²) in [7, 11) is 0. The van der Waals surface area contributed by atoms with E-state index in [0.29, 0.717) is 5.02 Å². The molecule has 0 radical (unpaired) electrons. The first kappa shape index (κ1) is 14.4. The molecule has 96 valence electrons. The van der Waals surface area contributed by atoms with Gasteiger partial charge in [0, 0.05) is 24.8 Å². The molecule has 0 saturated heterocycles. The molecule has 1 heterocycles. The van der Waals surface area contributed by atoms with Crippen LogP contribution in [-0.4, -0.2) is 6.54 Å². The number of hydrogen-bond donors (Lipinski definition) is 1. The van der Waals surface area contributed by atoms with Crippen molar-refractivity contribution in [3.05, 3.63) is 54.6 Å². The van der Waals surface area contributed by atoms with E-state index >= 15 is 0 Å². The molecular formula is C13H12BrCl2NS. The molecule has 18 heavy (non-hydrogen) atoms. The molecular weight excluding hydrogens is 353 g/mol. The van der Waals surface area contributed by atoms with Crippen LogP contribution in [0.1, 0.15) is 23.4 Å². The van der Waals surface area contributed by atoms with Gasteiger partial charge in [0.05, 0.1) is 6.04 Å². The minimum Gasteiger partial charge on any atom is -0.306 e. The summed E-state index contributed by atoms with van der Waals surface area (Å²) in [4.78, 5) is 1.22. The quantitative estimate of drug-likeness (QED) is 0.753. The van der Waals surface area contributed by atoms with Gasteiger partial charge in [-0.15, -0.1) is 11.3 Å². The minimum atomic E-state index is 0.0810. The van der Waals surface area contributed by atoms with E-state index < -0.39 is 0 Å². The molecule has 0 aliphatic rings. The van der Waals surface area contributed by atoms with Crippen molar-refractivity contribution >= 4 is 50.5 Å². The van der Waals surface area contributed by atoms with Crippen molar-refractivity contribution in [3.8, 4) is 0 Å². The molecule has 0 saturated carbocycles. The highest BCUT2D eigenvalue weighted by molar-refractivity contribution is 9.10. The molecule has 2 aromatic rings. The Balaban J connectivity index is 2.44. The third-order valence-electron chi connectivity index (χ3n) is 2.55. The second-order valence-corrected chi connectivity index (χ2v) is 6.53. The second kappa shape index (κ2) is 6.40. The Hall–Kier alpha value is -0.0600. The van der Waals surface area contributed by atoms with Crippen LogP contribution in [0.5, 0.6) is 0 Å². The van der Waals surface area contributed by atoms with Crippen LogP contribution in [0.3, 0.4) is 0 Å². The Kier molecular flexibility index (Phi) is 5.10. The van der Waals surface area contributed by atoms with Gasteiger partial charge in [-0.05, 0) is 52.3 Å². The predicted octanol–water partition coefficient (Wildman–Crippen LogP) is 5.52. The van der Waals surface area contributed by atoms with Gasteiger partial charge in [-0.25, -0.2) is 0 Å². The van der Waals surface area contributed by atoms with E-state index in [1.54, 1.807) is 17.4 Å². The lowest BCUT2D eigenvalue weighted by Gasteiger charge is -2.18. The molecule has 1 aromatic carbocycles. The summed E-state index contributed by atoms with van der Waals surface area (Å²) < 4.78 is 1.09. The Morgan fingerprint density at radius 2 is 2.11 bits per heavy atom. The lowest BCUT2D eigenvalue weighted by atomic mass is 10.1. The lowest BCUT2D eigenvalue weighted by molar-refractivity contribution is 0.640. The zero-order valence-electron chi connectivity index (χ0n) is 9.71. The van der Waals surface area contributed by atoms with E-state index in [1.807, 2.05) is 12.1 Å². The van der Waals surface area contributed by atoms with E-state index in [9.17, 15) is 0 Å². The third kappa shape index (κ3) is 3.28. The molecule has 0 amide bonds. The fourth-order valence-electron chi connectivity index (χ4n) is 1.78. The summed E-state index contributed by atoms with van der Waals surface area (Å²) in [5.74, 6) is 0. The smallest absolute Gasteiger partial charge is 0.0686 e. The molecule has 0 aliphatic heterocycles. The van der Waals surface area contributed by atoms with Crippen molar-refractivity contribution in [2.45, 2.75) is 13.0 Å². The molecule has 1 nitrogen and oxygen atoms in total. The topological polar surface area (TPSA) is 12.0 Å². The molecule has 1 N–H and O–H groups in total. The van der Waals surface area contributed by atoms with Crippen LogP contribution < -0.4 is 5.32 Å². The first-order valence-electron chi connectivity index (χ1n) is 5.54. The minimum absolute atomic E-state index is 0.0810. The molecule has 1 unspecified atom stereocenters. The maximum Gasteiger partial charge on any atom is 0.0686 e. The number of nitrogens with one attached hydrogen (secondary N) is 1. The van der Waals surface area contributed by atoms with Crippen LogP contribution in [0.25, 0.3) is 0 Å². The zero-order valence-corrected chi connectivity index (χ0v) is 13.6. The molecule has 0 spiro atoms. The fraction of sp³-hybridized carbons (Fsp3) is 0.231. The van der Waals surface area contributed by atoms with Gasteiger partial charge in [0.25, 0.3) is 0 Å². The third-order valence-corrected chi connectivity index (χ3v) is 4.89. The predicted molar refractivity (Wildman–Crippen MR) is 84.0 cm³/mol. The number of thiophene rings is 1. The van der Waals surface area contributed by atoms with Crippen molar-refractivity contribution in [1.29, 1.82) is 0 Å². The first-order valence-corrected chi connectivity index (χ1v) is 7.97. The summed E-state index contributed by atoms with van der Waals surface area (Å²) in [6.07, 6.45) is 0. The summed E-state index contributed by atoms with van der Waals surface area (Å²) >= 11 is 17.5. The molecule has 1 aromatic heterocycles. The molecule has 0 fully saturated rings. The number of benzene rings is 1. The van der Waals surface area contributed by atoms with Crippen molar-refractivity contribution < 1.29 is 0 Å². The van der Waals surface area contributed by atoms with E-state index in [0.717, 1.165) is 21.6 Å². The number of hydrogen-bond acceptors (Lipinski definition) is 2. The maximum atomic E-state index is 6.28. The number of halogens is 3. The van der Waals surface area contributed by atoms with E-state index in [-0.39, 0.29) is 6.04 Å². The van der Waals surface area contributed by atoms with Gasteiger partial charge in [0.2, 0.25) is 0 Å². The van der Waals surface area contributed by atoms with Crippen LogP contribution >= 0.6 is 50.5 Å². The molecule has 1 atom stereocenters. The van der Waals surface area contributed by atoms with Gasteiger partial charge in [-0.1, -0.05) is 30.1 Å². The SMILES string of the molecule is CCNC(c1cc(Br)cs1)c1cc(Cl)ccc1Cl. The van der Waals surface area contributed by atoms with Gasteiger partial charge >= 0.3 is 0 Å². The number of rotatable bonds is 4. The van der Waals surface area contributed by atoms with E-state index in [4.69, 9.17) is 23.2 Å². The van der Waals surface area contributed by atoms with Crippen LogP contribution in [-0.2, 0) is 0 Å². The summed E-state index contributed by atoms with van der Waals surface area (Å²) in [5.41, 5.74) is 1.01. The zero-order chi connectivity index (χ0) is 13.1. The van der Waals surface area contributed by atoms with Gasteiger partial charge in [0.15, 0.2) is 0 Å². The summed E-state index contributed by atoms with van der Waals surface area (Å²) in [6.45, 7) is 2.94. The van der Waals surface area contributed by atoms with Crippen molar-refractivity contribution in [1.82, 2.24) is 5.32 Å². The van der Waals surface area contributed by atoms with Crippen LogP contribution in [0.2, 0.25) is 10.0 Å². The molecule has 5 heteroatoms. The van der Waals surface area contributed by atoms with Crippen LogP contribution in [0.4, 0.5) is 0 Å². The van der Waals surface area contributed by atoms with Crippen molar-refractivity contribution in [2.75, 3.05) is 6.54 Å². The average Bonchev–Trinajstić information content (AvgIpc) is 2.76. The standard InChI is InChI=1S/C13H12BrCl2NS/c1-2-17-13(12-5-8(14)7-18-12)10-6-9(15)3-4-11(10)16/h3-7,13,17H,2H2,1H3.